The standard InChI is InChI=1S/C12H16N6O/c1-9(2)7-17(5-3-4-13)10-6-11-15-16-12(19)18(11)8-14-10/h6,8-9H,3,5,7H2,1-2H3,(H,16,19). The summed E-state index contributed by atoms with van der Waals surface area (Å²) in [7, 11) is 0. The van der Waals surface area contributed by atoms with Gasteiger partial charge in [-0.25, -0.2) is 19.3 Å². The Labute approximate surface area is 110 Å². The number of nitrogens with one attached hydrogen (secondary N) is 1. The van der Waals surface area contributed by atoms with Crippen molar-refractivity contribution >= 4 is 11.5 Å². The van der Waals surface area contributed by atoms with Gasteiger partial charge in [-0.2, -0.15) is 10.4 Å². The first kappa shape index (κ1) is 13.1. The SMILES string of the molecule is CC(C)CN(CCC#N)c1cc2n[nH]c(=O)n2cn1. The van der Waals surface area contributed by atoms with E-state index in [4.69, 9.17) is 5.26 Å². The van der Waals surface area contributed by atoms with Crippen molar-refractivity contribution in [1.82, 2.24) is 19.6 Å². The van der Waals surface area contributed by atoms with Crippen molar-refractivity contribution in [2.24, 2.45) is 5.92 Å². The van der Waals surface area contributed by atoms with Crippen LogP contribution in [-0.2, 0) is 0 Å². The van der Waals surface area contributed by atoms with Crippen LogP contribution in [0.15, 0.2) is 17.2 Å². The third-order valence-electron chi connectivity index (χ3n) is 2.70. The van der Waals surface area contributed by atoms with E-state index in [9.17, 15) is 4.79 Å². The first-order chi connectivity index (χ1) is 9.11. The van der Waals surface area contributed by atoms with E-state index in [2.05, 4.69) is 35.1 Å². The van der Waals surface area contributed by atoms with Crippen molar-refractivity contribution in [3.63, 3.8) is 0 Å². The van der Waals surface area contributed by atoms with Crippen LogP contribution in [-0.4, -0.2) is 32.7 Å². The Kier molecular flexibility index (Phi) is 3.80. The summed E-state index contributed by atoms with van der Waals surface area (Å²) in [6, 6.07) is 3.88. The molecule has 0 radical (unpaired) electrons. The summed E-state index contributed by atoms with van der Waals surface area (Å²) in [5.41, 5.74) is 0.224. The van der Waals surface area contributed by atoms with Crippen LogP contribution in [0.5, 0.6) is 0 Å². The summed E-state index contributed by atoms with van der Waals surface area (Å²) in [5.74, 6) is 1.19. The molecular weight excluding hydrogens is 244 g/mol. The molecule has 0 atom stereocenters. The molecule has 2 aromatic rings. The number of nitriles is 1. The van der Waals surface area contributed by atoms with Gasteiger partial charge in [-0.05, 0) is 5.92 Å². The Morgan fingerprint density at radius 1 is 1.58 bits per heavy atom. The molecule has 7 heteroatoms. The van der Waals surface area contributed by atoms with Crippen LogP contribution in [0.2, 0.25) is 0 Å². The van der Waals surface area contributed by atoms with Crippen LogP contribution >= 0.6 is 0 Å². The minimum atomic E-state index is -0.304. The first-order valence-electron chi connectivity index (χ1n) is 6.16. The predicted molar refractivity (Wildman–Crippen MR) is 70.9 cm³/mol. The molecule has 0 aliphatic heterocycles. The van der Waals surface area contributed by atoms with Crippen molar-refractivity contribution in [3.8, 4) is 6.07 Å². The van der Waals surface area contributed by atoms with E-state index in [1.807, 2.05) is 4.90 Å². The van der Waals surface area contributed by atoms with Gasteiger partial charge in [0.2, 0.25) is 0 Å². The number of nitrogens with zero attached hydrogens (tertiary/aromatic N) is 5. The number of aromatic amines is 1. The van der Waals surface area contributed by atoms with Gasteiger partial charge in [0.25, 0.3) is 0 Å². The maximum absolute atomic E-state index is 11.4. The zero-order chi connectivity index (χ0) is 13.8. The molecule has 2 heterocycles. The summed E-state index contributed by atoms with van der Waals surface area (Å²) in [4.78, 5) is 17.7. The van der Waals surface area contributed by atoms with E-state index < -0.39 is 0 Å². The maximum atomic E-state index is 11.4. The molecule has 1 N–H and O–H groups in total. The molecule has 100 valence electrons. The number of fused-ring (bicyclic) bond motifs is 1. The highest BCUT2D eigenvalue weighted by Crippen LogP contribution is 2.14. The molecule has 19 heavy (non-hydrogen) atoms. The minimum absolute atomic E-state index is 0.304. The number of anilines is 1. The van der Waals surface area contributed by atoms with Crippen molar-refractivity contribution in [1.29, 1.82) is 5.26 Å². The fraction of sp³-hybridized carbons (Fsp3) is 0.500. The monoisotopic (exact) mass is 260 g/mol. The molecular formula is C12H16N6O. The van der Waals surface area contributed by atoms with E-state index in [0.29, 0.717) is 24.5 Å². The van der Waals surface area contributed by atoms with Gasteiger partial charge in [0, 0.05) is 19.2 Å². The van der Waals surface area contributed by atoms with E-state index >= 15 is 0 Å². The lowest BCUT2D eigenvalue weighted by molar-refractivity contribution is 0.607. The number of aromatic nitrogens is 4. The predicted octanol–water partition coefficient (Wildman–Crippen LogP) is 0.794. The van der Waals surface area contributed by atoms with Gasteiger partial charge >= 0.3 is 5.69 Å². The van der Waals surface area contributed by atoms with Gasteiger partial charge in [0.15, 0.2) is 5.65 Å². The zero-order valence-electron chi connectivity index (χ0n) is 11.0. The normalized spacial score (nSPS) is 10.8. The van der Waals surface area contributed by atoms with Gasteiger partial charge in [-0.1, -0.05) is 13.8 Å². The summed E-state index contributed by atoms with van der Waals surface area (Å²) in [6.07, 6.45) is 1.89. The lowest BCUT2D eigenvalue weighted by Crippen LogP contribution is -2.29. The fourth-order valence-electron chi connectivity index (χ4n) is 1.90. The molecule has 0 aromatic carbocycles. The van der Waals surface area contributed by atoms with Crippen molar-refractivity contribution in [2.75, 3.05) is 18.0 Å². The number of rotatable bonds is 5. The average molecular weight is 260 g/mol. The first-order valence-corrected chi connectivity index (χ1v) is 6.16. The van der Waals surface area contributed by atoms with E-state index in [-0.39, 0.29) is 5.69 Å². The maximum Gasteiger partial charge on any atom is 0.348 e. The quantitative estimate of drug-likeness (QED) is 0.858. The van der Waals surface area contributed by atoms with E-state index in [1.54, 1.807) is 6.07 Å². The van der Waals surface area contributed by atoms with Crippen molar-refractivity contribution < 1.29 is 0 Å². The Balaban J connectivity index is 2.32. The highest BCUT2D eigenvalue weighted by Gasteiger charge is 2.11. The van der Waals surface area contributed by atoms with Gasteiger partial charge in [0.1, 0.15) is 12.1 Å². The largest absolute Gasteiger partial charge is 0.355 e. The molecule has 0 amide bonds. The number of hydrogen-bond acceptors (Lipinski definition) is 5. The number of H-pyrrole nitrogens is 1. The van der Waals surface area contributed by atoms with Crippen LogP contribution in [0.1, 0.15) is 20.3 Å². The third-order valence-corrected chi connectivity index (χ3v) is 2.70. The molecule has 0 saturated heterocycles. The Morgan fingerprint density at radius 2 is 2.37 bits per heavy atom. The molecule has 0 spiro atoms. The second-order valence-corrected chi connectivity index (χ2v) is 4.75. The molecule has 2 aromatic heterocycles. The fourth-order valence-corrected chi connectivity index (χ4v) is 1.90. The number of hydrogen-bond donors (Lipinski definition) is 1. The second-order valence-electron chi connectivity index (χ2n) is 4.75. The molecule has 7 nitrogen and oxygen atoms in total. The van der Waals surface area contributed by atoms with Crippen LogP contribution < -0.4 is 10.6 Å². The van der Waals surface area contributed by atoms with Crippen LogP contribution in [0, 0.1) is 17.2 Å². The molecule has 0 fully saturated rings. The molecule has 0 bridgehead atoms. The van der Waals surface area contributed by atoms with Gasteiger partial charge in [-0.3, -0.25) is 0 Å². The highest BCUT2D eigenvalue weighted by atomic mass is 16.1. The van der Waals surface area contributed by atoms with Crippen LogP contribution in [0.25, 0.3) is 5.65 Å². The van der Waals surface area contributed by atoms with E-state index in [1.165, 1.54) is 10.7 Å². The highest BCUT2D eigenvalue weighted by molar-refractivity contribution is 5.50. The molecule has 2 rings (SSSR count). The molecule has 0 aliphatic carbocycles. The van der Waals surface area contributed by atoms with Gasteiger partial charge < -0.3 is 4.90 Å². The minimum Gasteiger partial charge on any atom is -0.355 e. The zero-order valence-corrected chi connectivity index (χ0v) is 11.0. The second kappa shape index (κ2) is 5.52. The smallest absolute Gasteiger partial charge is 0.348 e. The molecule has 0 unspecified atom stereocenters. The summed E-state index contributed by atoms with van der Waals surface area (Å²) >= 11 is 0. The Bertz CT molecular complexity index is 650. The summed E-state index contributed by atoms with van der Waals surface area (Å²) in [5, 5.41) is 15.0. The lowest BCUT2D eigenvalue weighted by atomic mass is 10.2. The summed E-state index contributed by atoms with van der Waals surface area (Å²) in [6.45, 7) is 5.64. The van der Waals surface area contributed by atoms with Crippen LogP contribution in [0.3, 0.4) is 0 Å². The molecule has 0 saturated carbocycles. The van der Waals surface area contributed by atoms with Gasteiger partial charge in [-0.15, -0.1) is 0 Å². The lowest BCUT2D eigenvalue weighted by Gasteiger charge is -2.24. The van der Waals surface area contributed by atoms with Crippen molar-refractivity contribution in [3.05, 3.63) is 22.9 Å². The van der Waals surface area contributed by atoms with Crippen LogP contribution in [0.4, 0.5) is 5.82 Å². The van der Waals surface area contributed by atoms with Gasteiger partial charge in [0.05, 0.1) is 12.5 Å². The Hall–Kier alpha value is -2.36. The van der Waals surface area contributed by atoms with Crippen molar-refractivity contribution in [2.45, 2.75) is 20.3 Å². The third kappa shape index (κ3) is 2.91. The Morgan fingerprint density at radius 3 is 3.05 bits per heavy atom. The topological polar surface area (TPSA) is 90.1 Å². The molecule has 0 aliphatic rings. The summed E-state index contributed by atoms with van der Waals surface area (Å²) < 4.78 is 1.35. The van der Waals surface area contributed by atoms with E-state index in [0.717, 1.165) is 12.4 Å². The average Bonchev–Trinajstić information content (AvgIpc) is 2.75.